The third-order valence-electron chi connectivity index (χ3n) is 1.76. The summed E-state index contributed by atoms with van der Waals surface area (Å²) in [6.45, 7) is 9.44. The number of rotatable bonds is 7. The molecule has 5 heteroatoms. The van der Waals surface area contributed by atoms with Gasteiger partial charge < -0.3 is 20.4 Å². The molecule has 0 unspecified atom stereocenters. The van der Waals surface area contributed by atoms with E-state index in [1.165, 1.54) is 0 Å². The topological polar surface area (TPSA) is 80.9 Å². The van der Waals surface area contributed by atoms with Crippen LogP contribution < -0.4 is 0 Å². The molecule has 0 aliphatic rings. The Kier molecular flexibility index (Phi) is 81.9. The van der Waals surface area contributed by atoms with Gasteiger partial charge in [0.05, 0.1) is 0 Å². The quantitative estimate of drug-likeness (QED) is 0.541. The van der Waals surface area contributed by atoms with Gasteiger partial charge in [0.15, 0.2) is 0 Å². The van der Waals surface area contributed by atoms with Crippen LogP contribution in [0, 0.1) is 0 Å². The first kappa shape index (κ1) is 32.5. The molecule has 0 aliphatic carbocycles. The van der Waals surface area contributed by atoms with Gasteiger partial charge in [-0.1, -0.05) is 47.0 Å². The number of aliphatic hydroxyl groups is 4. The second-order valence-electron chi connectivity index (χ2n) is 3.96. The SMILES string of the molecule is CCCCO.CCCCO.CCCCO.CCCO.[Ti]. The van der Waals surface area contributed by atoms with Crippen molar-refractivity contribution in [2.24, 2.45) is 0 Å². The Balaban J connectivity index is -0.0000000494. The second kappa shape index (κ2) is 50.4. The molecule has 0 rings (SSSR count). The molecule has 20 heavy (non-hydrogen) atoms. The molecule has 126 valence electrons. The minimum Gasteiger partial charge on any atom is -0.396 e. The van der Waals surface area contributed by atoms with Crippen LogP contribution in [0.25, 0.3) is 0 Å². The zero-order valence-electron chi connectivity index (χ0n) is 14.1. The van der Waals surface area contributed by atoms with Crippen molar-refractivity contribution in [3.05, 3.63) is 0 Å². The number of hydrogen-bond acceptors (Lipinski definition) is 4. The summed E-state index contributed by atoms with van der Waals surface area (Å²) in [6, 6.07) is 0. The smallest absolute Gasteiger partial charge is 0.0430 e. The Bertz CT molecular complexity index is 73.7. The second-order valence-corrected chi connectivity index (χ2v) is 3.96. The fourth-order valence-electron chi connectivity index (χ4n) is 0.474. The summed E-state index contributed by atoms with van der Waals surface area (Å²) < 4.78 is 0. The Morgan fingerprint density at radius 1 is 0.450 bits per heavy atom. The minimum absolute atomic E-state index is 0. The molecule has 0 aliphatic heterocycles. The van der Waals surface area contributed by atoms with E-state index >= 15 is 0 Å². The van der Waals surface area contributed by atoms with Crippen LogP contribution in [0.5, 0.6) is 0 Å². The van der Waals surface area contributed by atoms with Crippen LogP contribution in [-0.2, 0) is 21.7 Å². The summed E-state index contributed by atoms with van der Waals surface area (Å²) >= 11 is 0. The van der Waals surface area contributed by atoms with Crippen LogP contribution in [0.3, 0.4) is 0 Å². The van der Waals surface area contributed by atoms with Gasteiger partial charge in [0, 0.05) is 48.1 Å². The van der Waals surface area contributed by atoms with E-state index < -0.39 is 0 Å². The summed E-state index contributed by atoms with van der Waals surface area (Å²) in [5.41, 5.74) is 0. The fraction of sp³-hybridized carbons (Fsp3) is 1.00. The summed E-state index contributed by atoms with van der Waals surface area (Å²) in [7, 11) is 0. The van der Waals surface area contributed by atoms with Gasteiger partial charge >= 0.3 is 0 Å². The van der Waals surface area contributed by atoms with Gasteiger partial charge in [0.1, 0.15) is 0 Å². The number of hydrogen-bond donors (Lipinski definition) is 4. The molecule has 4 nitrogen and oxygen atoms in total. The molecule has 4 N–H and O–H groups in total. The van der Waals surface area contributed by atoms with Crippen molar-refractivity contribution in [3.8, 4) is 0 Å². The minimum atomic E-state index is 0. The van der Waals surface area contributed by atoms with Crippen LogP contribution >= 0.6 is 0 Å². The molecule has 0 aromatic carbocycles. The van der Waals surface area contributed by atoms with Crippen molar-refractivity contribution in [1.29, 1.82) is 0 Å². The first-order valence-electron chi connectivity index (χ1n) is 7.59. The van der Waals surface area contributed by atoms with Gasteiger partial charge in [-0.15, -0.1) is 0 Å². The molecular formula is C15H38O4Ti. The Hall–Kier alpha value is 0.554. The van der Waals surface area contributed by atoms with Gasteiger partial charge in [-0.05, 0) is 25.7 Å². The van der Waals surface area contributed by atoms with E-state index in [1.807, 2.05) is 6.92 Å². The first-order chi connectivity index (χ1) is 9.16. The van der Waals surface area contributed by atoms with E-state index in [0.717, 1.165) is 44.9 Å². The van der Waals surface area contributed by atoms with Crippen LogP contribution in [0.1, 0.15) is 72.6 Å². The molecule has 0 amide bonds. The summed E-state index contributed by atoms with van der Waals surface area (Å²) in [6.07, 6.45) is 6.99. The van der Waals surface area contributed by atoms with Crippen LogP contribution in [-0.4, -0.2) is 46.9 Å². The molecule has 0 spiro atoms. The molecular weight excluding hydrogens is 292 g/mol. The van der Waals surface area contributed by atoms with Crippen molar-refractivity contribution < 1.29 is 42.1 Å². The van der Waals surface area contributed by atoms with Crippen molar-refractivity contribution in [2.45, 2.75) is 72.6 Å². The zero-order valence-corrected chi connectivity index (χ0v) is 15.6. The molecule has 0 atom stereocenters. The van der Waals surface area contributed by atoms with E-state index in [-0.39, 0.29) is 21.7 Å². The van der Waals surface area contributed by atoms with Crippen molar-refractivity contribution in [2.75, 3.05) is 26.4 Å². The molecule has 0 aromatic heterocycles. The maximum atomic E-state index is 8.07. The average Bonchev–Trinajstić information content (AvgIpc) is 2.43. The van der Waals surface area contributed by atoms with Crippen LogP contribution in [0.2, 0.25) is 0 Å². The molecule has 0 radical (unpaired) electrons. The van der Waals surface area contributed by atoms with Gasteiger partial charge in [-0.25, -0.2) is 0 Å². The maximum Gasteiger partial charge on any atom is 0.0430 e. The number of unbranched alkanes of at least 4 members (excludes halogenated alkanes) is 3. The van der Waals surface area contributed by atoms with Crippen LogP contribution in [0.4, 0.5) is 0 Å². The monoisotopic (exact) mass is 330 g/mol. The summed E-state index contributed by atoms with van der Waals surface area (Å²) in [5.74, 6) is 0. The van der Waals surface area contributed by atoms with Gasteiger partial charge in [-0.2, -0.15) is 0 Å². The van der Waals surface area contributed by atoms with E-state index in [0.29, 0.717) is 26.4 Å². The van der Waals surface area contributed by atoms with E-state index in [2.05, 4.69) is 20.8 Å². The first-order valence-corrected chi connectivity index (χ1v) is 7.59. The molecule has 0 saturated carbocycles. The Morgan fingerprint density at radius 2 is 0.650 bits per heavy atom. The van der Waals surface area contributed by atoms with Gasteiger partial charge in [0.2, 0.25) is 0 Å². The summed E-state index contributed by atoms with van der Waals surface area (Å²) in [4.78, 5) is 0. The van der Waals surface area contributed by atoms with E-state index in [1.54, 1.807) is 0 Å². The largest absolute Gasteiger partial charge is 0.396 e. The normalized spacial score (nSPS) is 7.80. The third kappa shape index (κ3) is 100. The molecule has 0 bridgehead atoms. The van der Waals surface area contributed by atoms with E-state index in [9.17, 15) is 0 Å². The average molecular weight is 330 g/mol. The maximum absolute atomic E-state index is 8.07. The summed E-state index contributed by atoms with van der Waals surface area (Å²) in [5, 5.41) is 32.1. The van der Waals surface area contributed by atoms with Crippen molar-refractivity contribution in [3.63, 3.8) is 0 Å². The fourth-order valence-corrected chi connectivity index (χ4v) is 0.474. The van der Waals surface area contributed by atoms with Crippen molar-refractivity contribution >= 4 is 0 Å². The molecule has 0 fully saturated rings. The van der Waals surface area contributed by atoms with Gasteiger partial charge in [0.25, 0.3) is 0 Å². The molecule has 0 saturated heterocycles. The molecule has 0 heterocycles. The van der Waals surface area contributed by atoms with Crippen LogP contribution in [0.15, 0.2) is 0 Å². The Morgan fingerprint density at radius 3 is 0.650 bits per heavy atom. The number of aliphatic hydroxyl groups excluding tert-OH is 4. The predicted octanol–water partition coefficient (Wildman–Crippen LogP) is 2.72. The zero-order chi connectivity index (χ0) is 15.8. The third-order valence-corrected chi connectivity index (χ3v) is 1.76. The molecule has 0 aromatic rings. The van der Waals surface area contributed by atoms with Gasteiger partial charge in [-0.3, -0.25) is 0 Å². The predicted molar refractivity (Wildman–Crippen MR) is 83.4 cm³/mol. The van der Waals surface area contributed by atoms with Crippen molar-refractivity contribution in [1.82, 2.24) is 0 Å². The Labute approximate surface area is 141 Å². The standard InChI is InChI=1S/3C4H10O.C3H8O.Ti/c3*1-2-3-4-5;1-2-3-4;/h3*5H,2-4H2,1H3;4H,2-3H2,1H3;. The van der Waals surface area contributed by atoms with E-state index in [4.69, 9.17) is 20.4 Å².